The fourth-order valence-corrected chi connectivity index (χ4v) is 1.62. The number of aromatic carboxylic acids is 1. The van der Waals surface area contributed by atoms with Crippen LogP contribution >= 0.6 is 0 Å². The summed E-state index contributed by atoms with van der Waals surface area (Å²) >= 11 is 0. The first-order chi connectivity index (χ1) is 9.00. The van der Waals surface area contributed by atoms with Crippen LogP contribution in [0, 0.1) is 0 Å². The van der Waals surface area contributed by atoms with Crippen LogP contribution in [-0.4, -0.2) is 42.6 Å². The molecule has 0 saturated heterocycles. The molecule has 0 bridgehead atoms. The summed E-state index contributed by atoms with van der Waals surface area (Å²) in [6.45, 7) is 0.823. The Morgan fingerprint density at radius 1 is 1.26 bits per heavy atom. The maximum absolute atomic E-state index is 11.5. The zero-order valence-corrected chi connectivity index (χ0v) is 11.3. The highest BCUT2D eigenvalue weighted by Gasteiger charge is 2.11. The maximum Gasteiger partial charge on any atom is 0.336 e. The molecule has 0 aliphatic carbocycles. The molecule has 0 aromatic heterocycles. The van der Waals surface area contributed by atoms with E-state index in [2.05, 4.69) is 0 Å². The van der Waals surface area contributed by atoms with Crippen molar-refractivity contribution in [3.63, 3.8) is 0 Å². The molecule has 0 aliphatic heterocycles. The molecule has 0 fully saturated rings. The summed E-state index contributed by atoms with van der Waals surface area (Å²) in [4.78, 5) is 24.5. The molecule has 0 atom stereocenters. The van der Waals surface area contributed by atoms with Gasteiger partial charge in [-0.25, -0.2) is 4.79 Å². The summed E-state index contributed by atoms with van der Waals surface area (Å²) in [5, 5.41) is 8.99. The lowest BCUT2D eigenvalue weighted by Crippen LogP contribution is -2.15. The Kier molecular flexibility index (Phi) is 6.02. The van der Waals surface area contributed by atoms with Crippen molar-refractivity contribution in [3.05, 3.63) is 35.4 Å². The summed E-state index contributed by atoms with van der Waals surface area (Å²) in [7, 11) is 3.88. The quantitative estimate of drug-likeness (QED) is 0.761. The van der Waals surface area contributed by atoms with E-state index in [1.807, 2.05) is 19.0 Å². The number of hydrogen-bond acceptors (Lipinski definition) is 4. The second-order valence-corrected chi connectivity index (χ2v) is 4.53. The molecule has 0 amide bonds. The summed E-state index contributed by atoms with van der Waals surface area (Å²) in [6.07, 6.45) is 1.07. The third-order valence-electron chi connectivity index (χ3n) is 2.62. The minimum Gasteiger partial charge on any atom is -0.478 e. The molecule has 0 heterocycles. The second kappa shape index (κ2) is 7.53. The van der Waals surface area contributed by atoms with Crippen molar-refractivity contribution >= 4 is 11.9 Å². The first-order valence-electron chi connectivity index (χ1n) is 6.12. The predicted molar refractivity (Wildman–Crippen MR) is 71.0 cm³/mol. The van der Waals surface area contributed by atoms with Crippen molar-refractivity contribution < 1.29 is 19.4 Å². The summed E-state index contributed by atoms with van der Waals surface area (Å²) in [5.74, 6) is -1.32. The number of benzene rings is 1. The number of esters is 1. The van der Waals surface area contributed by atoms with Crippen LogP contribution in [0.1, 0.15) is 28.8 Å². The standard InChI is InChI=1S/C14H19NO4/c1-15(2)9-5-8-13(16)19-10-11-6-3-4-7-12(11)14(17)18/h3-4,6-7H,5,8-10H2,1-2H3,(H,17,18). The summed E-state index contributed by atoms with van der Waals surface area (Å²) < 4.78 is 5.08. The Bertz CT molecular complexity index is 443. The van der Waals surface area contributed by atoms with Gasteiger partial charge in [0.2, 0.25) is 0 Å². The number of ether oxygens (including phenoxy) is 1. The van der Waals surface area contributed by atoms with E-state index in [4.69, 9.17) is 9.84 Å². The van der Waals surface area contributed by atoms with Crippen LogP contribution in [0.2, 0.25) is 0 Å². The number of rotatable bonds is 7. The fraction of sp³-hybridized carbons (Fsp3) is 0.429. The molecular formula is C14H19NO4. The van der Waals surface area contributed by atoms with Crippen LogP contribution in [0.5, 0.6) is 0 Å². The SMILES string of the molecule is CN(C)CCCC(=O)OCc1ccccc1C(=O)O. The molecule has 0 saturated carbocycles. The van der Waals surface area contributed by atoms with E-state index in [0.717, 1.165) is 13.0 Å². The van der Waals surface area contributed by atoms with Gasteiger partial charge in [0.15, 0.2) is 0 Å². The van der Waals surface area contributed by atoms with Gasteiger partial charge in [0, 0.05) is 12.0 Å². The van der Waals surface area contributed by atoms with Gasteiger partial charge in [-0.3, -0.25) is 4.79 Å². The van der Waals surface area contributed by atoms with Gasteiger partial charge < -0.3 is 14.7 Å². The van der Waals surface area contributed by atoms with Gasteiger partial charge in [0.05, 0.1) is 5.56 Å². The Labute approximate surface area is 112 Å². The summed E-state index contributed by atoms with van der Waals surface area (Å²) in [6, 6.07) is 6.52. The van der Waals surface area contributed by atoms with Gasteiger partial charge in [-0.1, -0.05) is 18.2 Å². The van der Waals surface area contributed by atoms with Gasteiger partial charge in [0.25, 0.3) is 0 Å². The Balaban J connectivity index is 2.44. The van der Waals surface area contributed by atoms with Crippen molar-refractivity contribution in [2.75, 3.05) is 20.6 Å². The minimum absolute atomic E-state index is 0.00324. The van der Waals surface area contributed by atoms with Gasteiger partial charge in [0.1, 0.15) is 6.61 Å². The smallest absolute Gasteiger partial charge is 0.336 e. The normalized spacial score (nSPS) is 10.5. The van der Waals surface area contributed by atoms with Crippen LogP contribution in [0.4, 0.5) is 0 Å². The highest BCUT2D eigenvalue weighted by molar-refractivity contribution is 5.89. The topological polar surface area (TPSA) is 66.8 Å². The summed E-state index contributed by atoms with van der Waals surface area (Å²) in [5.41, 5.74) is 0.680. The van der Waals surface area contributed by atoms with E-state index in [1.165, 1.54) is 6.07 Å². The van der Waals surface area contributed by atoms with Gasteiger partial charge in [-0.05, 0) is 33.1 Å². The largest absolute Gasteiger partial charge is 0.478 e. The van der Waals surface area contributed by atoms with Crippen LogP contribution in [0.15, 0.2) is 24.3 Å². The average Bonchev–Trinajstić information content (AvgIpc) is 2.36. The highest BCUT2D eigenvalue weighted by atomic mass is 16.5. The number of carboxylic acids is 1. The molecule has 0 aliphatic rings. The first kappa shape index (κ1) is 15.2. The highest BCUT2D eigenvalue weighted by Crippen LogP contribution is 2.10. The van der Waals surface area contributed by atoms with Crippen molar-refractivity contribution in [1.82, 2.24) is 4.90 Å². The third kappa shape index (κ3) is 5.52. The van der Waals surface area contributed by atoms with Gasteiger partial charge >= 0.3 is 11.9 Å². The minimum atomic E-state index is -1.01. The fourth-order valence-electron chi connectivity index (χ4n) is 1.62. The van der Waals surface area contributed by atoms with E-state index in [0.29, 0.717) is 12.0 Å². The molecule has 0 spiro atoms. The maximum atomic E-state index is 11.5. The zero-order valence-electron chi connectivity index (χ0n) is 11.3. The Hall–Kier alpha value is -1.88. The van der Waals surface area contributed by atoms with Crippen molar-refractivity contribution in [1.29, 1.82) is 0 Å². The monoisotopic (exact) mass is 265 g/mol. The second-order valence-electron chi connectivity index (χ2n) is 4.53. The molecule has 104 valence electrons. The molecule has 0 radical (unpaired) electrons. The van der Waals surface area contributed by atoms with Crippen LogP contribution in [0.25, 0.3) is 0 Å². The van der Waals surface area contributed by atoms with E-state index < -0.39 is 5.97 Å². The van der Waals surface area contributed by atoms with E-state index in [9.17, 15) is 9.59 Å². The molecule has 1 N–H and O–H groups in total. The van der Waals surface area contributed by atoms with Crippen molar-refractivity contribution in [2.45, 2.75) is 19.4 Å². The molecular weight excluding hydrogens is 246 g/mol. The Morgan fingerprint density at radius 2 is 1.95 bits per heavy atom. The number of carbonyl (C=O) groups excluding carboxylic acids is 1. The lowest BCUT2D eigenvalue weighted by molar-refractivity contribution is -0.145. The lowest BCUT2D eigenvalue weighted by Gasteiger charge is -2.10. The van der Waals surface area contributed by atoms with Gasteiger partial charge in [-0.15, -0.1) is 0 Å². The predicted octanol–water partition coefficient (Wildman–Crippen LogP) is 1.77. The third-order valence-corrected chi connectivity index (χ3v) is 2.62. The van der Waals surface area contributed by atoms with E-state index in [1.54, 1.807) is 18.2 Å². The van der Waals surface area contributed by atoms with Crippen LogP contribution in [-0.2, 0) is 16.1 Å². The molecule has 5 heteroatoms. The molecule has 0 unspecified atom stereocenters. The first-order valence-corrected chi connectivity index (χ1v) is 6.12. The number of nitrogens with zero attached hydrogens (tertiary/aromatic N) is 1. The number of carboxylic acid groups (broad SMARTS) is 1. The molecule has 1 rings (SSSR count). The average molecular weight is 265 g/mol. The van der Waals surface area contributed by atoms with Crippen LogP contribution in [0.3, 0.4) is 0 Å². The van der Waals surface area contributed by atoms with E-state index in [-0.39, 0.29) is 18.1 Å². The molecule has 5 nitrogen and oxygen atoms in total. The molecule has 1 aromatic rings. The van der Waals surface area contributed by atoms with Crippen LogP contribution < -0.4 is 0 Å². The Morgan fingerprint density at radius 3 is 2.58 bits per heavy atom. The van der Waals surface area contributed by atoms with E-state index >= 15 is 0 Å². The lowest BCUT2D eigenvalue weighted by atomic mass is 10.1. The number of carbonyl (C=O) groups is 2. The van der Waals surface area contributed by atoms with Gasteiger partial charge in [-0.2, -0.15) is 0 Å². The molecule has 1 aromatic carbocycles. The van der Waals surface area contributed by atoms with Crippen molar-refractivity contribution in [2.24, 2.45) is 0 Å². The zero-order chi connectivity index (χ0) is 14.3. The van der Waals surface area contributed by atoms with Crippen molar-refractivity contribution in [3.8, 4) is 0 Å². The molecule has 19 heavy (non-hydrogen) atoms. The number of hydrogen-bond donors (Lipinski definition) is 1.